The number of carboxylic acid groups (broad SMARTS) is 1. The molecule has 0 spiro atoms. The summed E-state index contributed by atoms with van der Waals surface area (Å²) in [6.45, 7) is 4.98. The van der Waals surface area contributed by atoms with Crippen LogP contribution in [0, 0.1) is 19.7 Å². The van der Waals surface area contributed by atoms with Gasteiger partial charge < -0.3 is 5.11 Å². The maximum Gasteiger partial charge on any atom is 0.328 e. The van der Waals surface area contributed by atoms with Gasteiger partial charge in [-0.25, -0.2) is 18.6 Å². The van der Waals surface area contributed by atoms with E-state index >= 15 is 0 Å². The summed E-state index contributed by atoms with van der Waals surface area (Å²) >= 11 is 0. The number of carbonyl (C=O) groups is 1. The Balaban J connectivity index is 2.38. The van der Waals surface area contributed by atoms with E-state index in [1.165, 1.54) is 17.6 Å². The maximum absolute atomic E-state index is 14.3. The summed E-state index contributed by atoms with van der Waals surface area (Å²) in [5, 5.41) is 8.81. The highest BCUT2D eigenvalue weighted by atomic mass is 19.1. The molecule has 3 rings (SSSR count). The predicted octanol–water partition coefficient (Wildman–Crippen LogP) is 4.27. The number of hydrogen-bond donors (Lipinski definition) is 1. The quantitative estimate of drug-likeness (QED) is 0.682. The minimum atomic E-state index is -1.56. The molecule has 0 aliphatic heterocycles. The SMILES string of the molecule is Cc1cc(C)cc(-n2c(C(C)F)nc3cc(F)c(/C=C/C(=O)O)cc3c2=O)c1. The van der Waals surface area contributed by atoms with Crippen molar-refractivity contribution >= 4 is 22.9 Å². The van der Waals surface area contributed by atoms with Crippen molar-refractivity contribution < 1.29 is 18.7 Å². The minimum absolute atomic E-state index is 0.00935. The number of halogens is 2. The van der Waals surface area contributed by atoms with Gasteiger partial charge in [0, 0.05) is 17.7 Å². The number of rotatable bonds is 4. The van der Waals surface area contributed by atoms with Gasteiger partial charge in [-0.1, -0.05) is 6.07 Å². The molecule has 1 heterocycles. The van der Waals surface area contributed by atoms with Crippen LogP contribution in [0.1, 0.15) is 35.6 Å². The average Bonchev–Trinajstić information content (AvgIpc) is 2.58. The van der Waals surface area contributed by atoms with Gasteiger partial charge in [-0.2, -0.15) is 0 Å². The molecule has 28 heavy (non-hydrogen) atoms. The molecule has 0 saturated heterocycles. The third kappa shape index (κ3) is 3.69. The van der Waals surface area contributed by atoms with Crippen molar-refractivity contribution in [3.05, 3.63) is 75.1 Å². The zero-order valence-electron chi connectivity index (χ0n) is 15.5. The molecular weight excluding hydrogens is 366 g/mol. The fourth-order valence-corrected chi connectivity index (χ4v) is 3.13. The predicted molar refractivity (Wildman–Crippen MR) is 103 cm³/mol. The van der Waals surface area contributed by atoms with E-state index < -0.39 is 23.5 Å². The Hall–Kier alpha value is -3.35. The Morgan fingerprint density at radius 3 is 2.39 bits per heavy atom. The standard InChI is InChI=1S/C21H18F2N2O3/c1-11-6-12(2)8-15(7-11)25-20(13(3)22)24-18-10-17(23)14(4-5-19(26)27)9-16(18)21(25)28/h4-10,13H,1-3H3,(H,26,27)/b5-4+. The lowest BCUT2D eigenvalue weighted by atomic mass is 10.1. The first kappa shape index (κ1) is 19.4. The van der Waals surface area contributed by atoms with Gasteiger partial charge in [-0.05, 0) is 56.2 Å². The summed E-state index contributed by atoms with van der Waals surface area (Å²) in [4.78, 5) is 28.1. The van der Waals surface area contributed by atoms with Crippen LogP contribution in [0.4, 0.5) is 8.78 Å². The van der Waals surface area contributed by atoms with Crippen LogP contribution in [0.15, 0.2) is 41.2 Å². The highest BCUT2D eigenvalue weighted by molar-refractivity contribution is 5.87. The normalized spacial score (nSPS) is 12.6. The minimum Gasteiger partial charge on any atom is -0.478 e. The summed E-state index contributed by atoms with van der Waals surface area (Å²) < 4.78 is 29.7. The van der Waals surface area contributed by atoms with Gasteiger partial charge in [-0.15, -0.1) is 0 Å². The molecule has 3 aromatic rings. The first-order chi connectivity index (χ1) is 13.2. The van der Waals surface area contributed by atoms with Crippen molar-refractivity contribution in [2.75, 3.05) is 0 Å². The first-order valence-corrected chi connectivity index (χ1v) is 8.57. The molecule has 0 bridgehead atoms. The summed E-state index contributed by atoms with van der Waals surface area (Å²) in [5.41, 5.74) is 1.63. The number of fused-ring (bicyclic) bond motifs is 1. The number of alkyl halides is 1. The van der Waals surface area contributed by atoms with Crippen molar-refractivity contribution in [2.24, 2.45) is 0 Å². The summed E-state index contributed by atoms with van der Waals surface area (Å²) in [6, 6.07) is 7.64. The van der Waals surface area contributed by atoms with Gasteiger partial charge in [0.1, 0.15) is 5.82 Å². The number of aryl methyl sites for hydroxylation is 2. The van der Waals surface area contributed by atoms with Crippen molar-refractivity contribution in [3.8, 4) is 5.69 Å². The zero-order valence-corrected chi connectivity index (χ0v) is 15.5. The van der Waals surface area contributed by atoms with Gasteiger partial charge in [0.25, 0.3) is 5.56 Å². The highest BCUT2D eigenvalue weighted by Crippen LogP contribution is 2.23. The average molecular weight is 384 g/mol. The van der Waals surface area contributed by atoms with Gasteiger partial charge in [-0.3, -0.25) is 9.36 Å². The van der Waals surface area contributed by atoms with E-state index in [1.807, 2.05) is 19.9 Å². The summed E-state index contributed by atoms with van der Waals surface area (Å²) in [6.07, 6.45) is 0.272. The number of hydrogen-bond acceptors (Lipinski definition) is 3. The zero-order chi connectivity index (χ0) is 20.6. The van der Waals surface area contributed by atoms with Crippen LogP contribution in [0.25, 0.3) is 22.7 Å². The molecule has 2 aromatic carbocycles. The third-order valence-corrected chi connectivity index (χ3v) is 4.24. The van der Waals surface area contributed by atoms with E-state index in [0.29, 0.717) is 5.69 Å². The van der Waals surface area contributed by atoms with E-state index in [4.69, 9.17) is 5.11 Å². The Labute approximate surface area is 159 Å². The molecule has 0 aliphatic rings. The van der Waals surface area contributed by atoms with Crippen LogP contribution in [0.2, 0.25) is 0 Å². The van der Waals surface area contributed by atoms with E-state index in [1.54, 1.807) is 12.1 Å². The lowest BCUT2D eigenvalue weighted by Crippen LogP contribution is -2.25. The highest BCUT2D eigenvalue weighted by Gasteiger charge is 2.19. The molecule has 0 fully saturated rings. The Morgan fingerprint density at radius 2 is 1.82 bits per heavy atom. The van der Waals surface area contributed by atoms with E-state index in [0.717, 1.165) is 29.3 Å². The second-order valence-electron chi connectivity index (χ2n) is 6.63. The number of benzene rings is 2. The maximum atomic E-state index is 14.3. The van der Waals surface area contributed by atoms with E-state index in [9.17, 15) is 18.4 Å². The van der Waals surface area contributed by atoms with Gasteiger partial charge >= 0.3 is 5.97 Å². The van der Waals surface area contributed by atoms with Crippen LogP contribution >= 0.6 is 0 Å². The van der Waals surface area contributed by atoms with Gasteiger partial charge in [0.15, 0.2) is 12.0 Å². The first-order valence-electron chi connectivity index (χ1n) is 8.57. The smallest absolute Gasteiger partial charge is 0.328 e. The second-order valence-corrected chi connectivity index (χ2v) is 6.63. The molecule has 1 unspecified atom stereocenters. The second kappa shape index (κ2) is 7.34. The van der Waals surface area contributed by atoms with Crippen molar-refractivity contribution in [1.82, 2.24) is 9.55 Å². The molecule has 7 heteroatoms. The Bertz CT molecular complexity index is 1160. The molecule has 0 saturated carbocycles. The summed E-state index contributed by atoms with van der Waals surface area (Å²) in [7, 11) is 0. The molecule has 1 aromatic heterocycles. The third-order valence-electron chi connectivity index (χ3n) is 4.24. The fraction of sp³-hybridized carbons (Fsp3) is 0.190. The van der Waals surface area contributed by atoms with Crippen LogP contribution in [0.5, 0.6) is 0 Å². The summed E-state index contributed by atoms with van der Waals surface area (Å²) in [5.74, 6) is -2.12. The number of aliphatic carboxylic acids is 1. The van der Waals surface area contributed by atoms with Crippen LogP contribution in [0.3, 0.4) is 0 Å². The molecule has 5 nitrogen and oxygen atoms in total. The molecule has 1 atom stereocenters. The largest absolute Gasteiger partial charge is 0.478 e. The molecular formula is C21H18F2N2O3. The van der Waals surface area contributed by atoms with Crippen molar-refractivity contribution in [1.29, 1.82) is 0 Å². The van der Waals surface area contributed by atoms with Crippen LogP contribution < -0.4 is 5.56 Å². The molecule has 0 aliphatic carbocycles. The molecule has 0 radical (unpaired) electrons. The van der Waals surface area contributed by atoms with E-state index in [-0.39, 0.29) is 22.3 Å². The van der Waals surface area contributed by atoms with Crippen LogP contribution in [-0.2, 0) is 4.79 Å². The van der Waals surface area contributed by atoms with Gasteiger partial charge in [0.2, 0.25) is 0 Å². The monoisotopic (exact) mass is 384 g/mol. The Kier molecular flexibility index (Phi) is 5.09. The lowest BCUT2D eigenvalue weighted by molar-refractivity contribution is -0.131. The van der Waals surface area contributed by atoms with Crippen molar-refractivity contribution in [3.63, 3.8) is 0 Å². The van der Waals surface area contributed by atoms with Gasteiger partial charge in [0.05, 0.1) is 16.6 Å². The molecule has 0 amide bonds. The van der Waals surface area contributed by atoms with E-state index in [2.05, 4.69) is 4.98 Å². The fourth-order valence-electron chi connectivity index (χ4n) is 3.13. The number of carboxylic acids is 1. The topological polar surface area (TPSA) is 72.2 Å². The number of nitrogens with zero attached hydrogens (tertiary/aromatic N) is 2. The lowest BCUT2D eigenvalue weighted by Gasteiger charge is -2.16. The Morgan fingerprint density at radius 1 is 1.18 bits per heavy atom. The molecule has 1 N–H and O–H groups in total. The number of aromatic nitrogens is 2. The molecule has 144 valence electrons. The van der Waals surface area contributed by atoms with Crippen molar-refractivity contribution in [2.45, 2.75) is 26.9 Å². The van der Waals surface area contributed by atoms with Crippen LogP contribution in [-0.4, -0.2) is 20.6 Å².